The van der Waals surface area contributed by atoms with Crippen molar-refractivity contribution in [3.8, 4) is 0 Å². The molecule has 1 atom stereocenters. The molecule has 4 aromatic rings. The number of hydrogen-bond acceptors (Lipinski definition) is 2. The summed E-state index contributed by atoms with van der Waals surface area (Å²) in [6.07, 6.45) is 0. The van der Waals surface area contributed by atoms with Crippen LogP contribution in [-0.2, 0) is 5.60 Å². The van der Waals surface area contributed by atoms with E-state index < -0.39 is 11.6 Å². The molecule has 0 aliphatic heterocycles. The third kappa shape index (κ3) is 3.22. The van der Waals surface area contributed by atoms with E-state index in [1.54, 1.807) is 0 Å². The largest absolute Gasteiger partial charge is 0.378 e. The van der Waals surface area contributed by atoms with Gasteiger partial charge in [0, 0.05) is 0 Å². The van der Waals surface area contributed by atoms with Gasteiger partial charge in [-0.15, -0.1) is 0 Å². The summed E-state index contributed by atoms with van der Waals surface area (Å²) in [5, 5.41) is 14.3. The van der Waals surface area contributed by atoms with Crippen LogP contribution in [0.25, 0.3) is 10.8 Å². The highest BCUT2D eigenvalue weighted by molar-refractivity contribution is 5.83. The standard InChI is InChI=1S/C26H25NO/c1-18-7-13-23(14-8-18)26(28,24-15-9-19(2)10-16-24)25(27)22-12-11-20-5-3-4-6-21(20)17-22/h3-17,25,28H,27H2,1-2H3. The Balaban J connectivity index is 1.88. The normalized spacial score (nSPS) is 12.9. The van der Waals surface area contributed by atoms with Crippen LogP contribution in [0.5, 0.6) is 0 Å². The Morgan fingerprint density at radius 3 is 1.71 bits per heavy atom. The van der Waals surface area contributed by atoms with Gasteiger partial charge in [-0.3, -0.25) is 0 Å². The van der Waals surface area contributed by atoms with Crippen molar-refractivity contribution in [1.29, 1.82) is 0 Å². The van der Waals surface area contributed by atoms with Crippen molar-refractivity contribution in [1.82, 2.24) is 0 Å². The van der Waals surface area contributed by atoms with E-state index in [9.17, 15) is 5.11 Å². The minimum Gasteiger partial charge on any atom is -0.378 e. The van der Waals surface area contributed by atoms with Crippen molar-refractivity contribution in [3.05, 3.63) is 119 Å². The van der Waals surface area contributed by atoms with Gasteiger partial charge in [0.25, 0.3) is 0 Å². The van der Waals surface area contributed by atoms with Crippen LogP contribution in [0.4, 0.5) is 0 Å². The van der Waals surface area contributed by atoms with Gasteiger partial charge in [-0.2, -0.15) is 0 Å². The van der Waals surface area contributed by atoms with Gasteiger partial charge in [0.05, 0.1) is 6.04 Å². The Labute approximate surface area is 166 Å². The van der Waals surface area contributed by atoms with Gasteiger partial charge in [-0.1, -0.05) is 96.1 Å². The van der Waals surface area contributed by atoms with Crippen molar-refractivity contribution >= 4 is 10.8 Å². The maximum absolute atomic E-state index is 12.0. The third-order valence-electron chi connectivity index (χ3n) is 5.57. The molecule has 4 aromatic carbocycles. The first-order valence-corrected chi connectivity index (χ1v) is 9.59. The molecule has 140 valence electrons. The number of rotatable bonds is 4. The Morgan fingerprint density at radius 2 is 1.18 bits per heavy atom. The Bertz CT molecular complexity index is 1050. The molecule has 2 heteroatoms. The number of hydrogen-bond donors (Lipinski definition) is 2. The zero-order chi connectivity index (χ0) is 19.7. The summed E-state index contributed by atoms with van der Waals surface area (Å²) in [4.78, 5) is 0. The molecule has 0 radical (unpaired) electrons. The summed E-state index contributed by atoms with van der Waals surface area (Å²) in [5.41, 5.74) is 10.2. The highest BCUT2D eigenvalue weighted by atomic mass is 16.3. The van der Waals surface area contributed by atoms with E-state index in [4.69, 9.17) is 5.73 Å². The summed E-state index contributed by atoms with van der Waals surface area (Å²) >= 11 is 0. The second-order valence-electron chi connectivity index (χ2n) is 7.58. The van der Waals surface area contributed by atoms with Crippen molar-refractivity contribution in [3.63, 3.8) is 0 Å². The molecule has 28 heavy (non-hydrogen) atoms. The average molecular weight is 367 g/mol. The Morgan fingerprint density at radius 1 is 0.679 bits per heavy atom. The van der Waals surface area contributed by atoms with Gasteiger partial charge >= 0.3 is 0 Å². The molecule has 0 saturated heterocycles. The van der Waals surface area contributed by atoms with Gasteiger partial charge < -0.3 is 10.8 Å². The summed E-state index contributed by atoms with van der Waals surface area (Å²) in [6, 6.07) is 29.7. The van der Waals surface area contributed by atoms with Crippen molar-refractivity contribution in [2.45, 2.75) is 25.5 Å². The monoisotopic (exact) mass is 367 g/mol. The van der Waals surface area contributed by atoms with Crippen molar-refractivity contribution < 1.29 is 5.11 Å². The van der Waals surface area contributed by atoms with Crippen LogP contribution >= 0.6 is 0 Å². The molecular formula is C26H25NO. The first-order chi connectivity index (χ1) is 13.5. The molecule has 0 saturated carbocycles. The predicted octanol–water partition coefficient (Wildman–Crippen LogP) is 5.39. The second kappa shape index (κ2) is 7.23. The lowest BCUT2D eigenvalue weighted by Crippen LogP contribution is -2.39. The van der Waals surface area contributed by atoms with Crippen LogP contribution in [0, 0.1) is 13.8 Å². The number of benzene rings is 4. The topological polar surface area (TPSA) is 46.2 Å². The zero-order valence-electron chi connectivity index (χ0n) is 16.3. The Kier molecular flexibility index (Phi) is 4.76. The van der Waals surface area contributed by atoms with Crippen LogP contribution in [0.1, 0.15) is 33.9 Å². The van der Waals surface area contributed by atoms with E-state index in [2.05, 4.69) is 24.3 Å². The lowest BCUT2D eigenvalue weighted by Gasteiger charge is -2.35. The fourth-order valence-electron chi connectivity index (χ4n) is 3.78. The van der Waals surface area contributed by atoms with E-state index in [0.29, 0.717) is 0 Å². The molecule has 0 aliphatic rings. The van der Waals surface area contributed by atoms with Crippen molar-refractivity contribution in [2.75, 3.05) is 0 Å². The molecule has 0 heterocycles. The van der Waals surface area contributed by atoms with E-state index in [1.807, 2.05) is 80.6 Å². The smallest absolute Gasteiger partial charge is 0.134 e. The molecule has 0 aromatic heterocycles. The van der Waals surface area contributed by atoms with Crippen LogP contribution < -0.4 is 5.73 Å². The molecule has 2 nitrogen and oxygen atoms in total. The fourth-order valence-corrected chi connectivity index (χ4v) is 3.78. The molecule has 4 rings (SSSR count). The second-order valence-corrected chi connectivity index (χ2v) is 7.58. The molecule has 0 spiro atoms. The van der Waals surface area contributed by atoms with Crippen molar-refractivity contribution in [2.24, 2.45) is 5.73 Å². The van der Waals surface area contributed by atoms with Gasteiger partial charge in [0.1, 0.15) is 5.60 Å². The van der Waals surface area contributed by atoms with Crippen LogP contribution in [0.15, 0.2) is 91.0 Å². The summed E-state index contributed by atoms with van der Waals surface area (Å²) in [6.45, 7) is 4.08. The summed E-state index contributed by atoms with van der Waals surface area (Å²) < 4.78 is 0. The first-order valence-electron chi connectivity index (χ1n) is 9.59. The van der Waals surface area contributed by atoms with Crippen LogP contribution in [0.3, 0.4) is 0 Å². The van der Waals surface area contributed by atoms with Crippen LogP contribution in [0.2, 0.25) is 0 Å². The molecule has 0 aliphatic carbocycles. The first kappa shape index (κ1) is 18.4. The lowest BCUT2D eigenvalue weighted by molar-refractivity contribution is 0.0512. The molecule has 0 amide bonds. The highest BCUT2D eigenvalue weighted by Gasteiger charge is 2.39. The average Bonchev–Trinajstić information content (AvgIpc) is 2.73. The fraction of sp³-hybridized carbons (Fsp3) is 0.154. The molecule has 0 fully saturated rings. The number of aliphatic hydroxyl groups is 1. The van der Waals surface area contributed by atoms with Gasteiger partial charge in [-0.05, 0) is 47.4 Å². The maximum Gasteiger partial charge on any atom is 0.134 e. The minimum atomic E-state index is -1.33. The lowest BCUT2D eigenvalue weighted by atomic mass is 9.77. The molecule has 1 unspecified atom stereocenters. The maximum atomic E-state index is 12.0. The number of nitrogens with two attached hydrogens (primary N) is 1. The Hall–Kier alpha value is -2.94. The molecule has 0 bridgehead atoms. The third-order valence-corrected chi connectivity index (χ3v) is 5.57. The van der Waals surface area contributed by atoms with Gasteiger partial charge in [0.15, 0.2) is 0 Å². The van der Waals surface area contributed by atoms with E-state index in [0.717, 1.165) is 38.6 Å². The number of fused-ring (bicyclic) bond motifs is 1. The SMILES string of the molecule is Cc1ccc(C(O)(c2ccc(C)cc2)C(N)c2ccc3ccccc3c2)cc1. The molecular weight excluding hydrogens is 342 g/mol. The highest BCUT2D eigenvalue weighted by Crippen LogP contribution is 2.40. The van der Waals surface area contributed by atoms with Gasteiger partial charge in [-0.25, -0.2) is 0 Å². The number of aryl methyl sites for hydroxylation is 2. The quantitative estimate of drug-likeness (QED) is 0.508. The van der Waals surface area contributed by atoms with E-state index in [-0.39, 0.29) is 0 Å². The van der Waals surface area contributed by atoms with Gasteiger partial charge in [0.2, 0.25) is 0 Å². The molecule has 3 N–H and O–H groups in total. The zero-order valence-corrected chi connectivity index (χ0v) is 16.3. The van der Waals surface area contributed by atoms with Crippen LogP contribution in [-0.4, -0.2) is 5.11 Å². The minimum absolute atomic E-state index is 0.609. The predicted molar refractivity (Wildman–Crippen MR) is 116 cm³/mol. The van der Waals surface area contributed by atoms with E-state index in [1.165, 1.54) is 0 Å². The summed E-state index contributed by atoms with van der Waals surface area (Å²) in [5.74, 6) is 0. The summed E-state index contributed by atoms with van der Waals surface area (Å²) in [7, 11) is 0. The van der Waals surface area contributed by atoms with E-state index >= 15 is 0 Å².